The molecule has 0 aliphatic heterocycles. The number of ether oxygens (including phenoxy) is 2. The third-order valence-electron chi connectivity index (χ3n) is 2.45. The number of phenolic OH excluding ortho intramolecular Hbond substituents is 2. The molecule has 98 valence electrons. The molecule has 0 aliphatic carbocycles. The van der Waals surface area contributed by atoms with Gasteiger partial charge in [-0.2, -0.15) is 0 Å². The van der Waals surface area contributed by atoms with E-state index < -0.39 is 17.5 Å². The van der Waals surface area contributed by atoms with E-state index in [0.717, 1.165) is 6.07 Å². The third-order valence-corrected chi connectivity index (χ3v) is 2.45. The number of esters is 1. The quantitative estimate of drug-likeness (QED) is 0.655. The van der Waals surface area contributed by atoms with Crippen molar-refractivity contribution in [2.24, 2.45) is 0 Å². The molecule has 0 amide bonds. The Morgan fingerprint density at radius 3 is 2.42 bits per heavy atom. The molecule has 0 atom stereocenters. The SMILES string of the molecule is COC(=O)c1cc(O)c(O)c(Oc2ccccc2)c1. The van der Waals surface area contributed by atoms with Crippen LogP contribution in [-0.4, -0.2) is 23.3 Å². The van der Waals surface area contributed by atoms with Crippen LogP contribution in [0.4, 0.5) is 0 Å². The molecule has 2 N–H and O–H groups in total. The van der Waals surface area contributed by atoms with Crippen molar-refractivity contribution in [2.45, 2.75) is 0 Å². The van der Waals surface area contributed by atoms with Gasteiger partial charge in [0.15, 0.2) is 11.5 Å². The zero-order chi connectivity index (χ0) is 13.8. The van der Waals surface area contributed by atoms with Crippen molar-refractivity contribution < 1.29 is 24.5 Å². The van der Waals surface area contributed by atoms with Crippen LogP contribution in [0.1, 0.15) is 10.4 Å². The van der Waals surface area contributed by atoms with Gasteiger partial charge in [0.1, 0.15) is 5.75 Å². The van der Waals surface area contributed by atoms with E-state index in [4.69, 9.17) is 4.74 Å². The number of benzene rings is 2. The monoisotopic (exact) mass is 260 g/mol. The summed E-state index contributed by atoms with van der Waals surface area (Å²) in [5.41, 5.74) is 0.0868. The summed E-state index contributed by atoms with van der Waals surface area (Å²) in [7, 11) is 1.23. The molecule has 5 nitrogen and oxygen atoms in total. The fourth-order valence-corrected chi connectivity index (χ4v) is 1.52. The molecule has 5 heteroatoms. The molecule has 0 unspecified atom stereocenters. The lowest BCUT2D eigenvalue weighted by molar-refractivity contribution is 0.0600. The number of aromatic hydroxyl groups is 2. The predicted molar refractivity (Wildman–Crippen MR) is 67.6 cm³/mol. The van der Waals surface area contributed by atoms with Crippen LogP contribution in [0.3, 0.4) is 0 Å². The Balaban J connectivity index is 2.39. The number of phenols is 2. The first-order valence-corrected chi connectivity index (χ1v) is 5.49. The van der Waals surface area contributed by atoms with Crippen molar-refractivity contribution in [1.82, 2.24) is 0 Å². The number of rotatable bonds is 3. The first-order valence-electron chi connectivity index (χ1n) is 5.49. The molecule has 19 heavy (non-hydrogen) atoms. The van der Waals surface area contributed by atoms with Crippen LogP contribution in [0.2, 0.25) is 0 Å². The molecular weight excluding hydrogens is 248 g/mol. The molecule has 0 radical (unpaired) electrons. The highest BCUT2D eigenvalue weighted by molar-refractivity contribution is 5.91. The van der Waals surface area contributed by atoms with Crippen molar-refractivity contribution in [1.29, 1.82) is 0 Å². The smallest absolute Gasteiger partial charge is 0.338 e. The molecule has 0 spiro atoms. The van der Waals surface area contributed by atoms with E-state index in [1.807, 2.05) is 6.07 Å². The predicted octanol–water partition coefficient (Wildman–Crippen LogP) is 2.68. The van der Waals surface area contributed by atoms with Gasteiger partial charge in [0, 0.05) is 0 Å². The summed E-state index contributed by atoms with van der Waals surface area (Å²) in [6.07, 6.45) is 0. The lowest BCUT2D eigenvalue weighted by Crippen LogP contribution is -2.01. The van der Waals surface area contributed by atoms with Crippen LogP contribution in [0, 0.1) is 0 Å². The standard InChI is InChI=1S/C14H12O5/c1-18-14(17)9-7-11(15)13(16)12(8-9)19-10-5-3-2-4-6-10/h2-8,15-16H,1H3. The van der Waals surface area contributed by atoms with Gasteiger partial charge >= 0.3 is 5.97 Å². The molecule has 0 saturated heterocycles. The average molecular weight is 260 g/mol. The maximum Gasteiger partial charge on any atom is 0.338 e. The van der Waals surface area contributed by atoms with Crippen molar-refractivity contribution in [3.05, 3.63) is 48.0 Å². The van der Waals surface area contributed by atoms with Gasteiger partial charge in [-0.3, -0.25) is 0 Å². The normalized spacial score (nSPS) is 9.95. The van der Waals surface area contributed by atoms with Gasteiger partial charge in [-0.25, -0.2) is 4.79 Å². The summed E-state index contributed by atoms with van der Waals surface area (Å²) in [6, 6.07) is 11.1. The number of carbonyl (C=O) groups excluding carboxylic acids is 1. The van der Waals surface area contributed by atoms with Crippen molar-refractivity contribution in [2.75, 3.05) is 7.11 Å². The highest BCUT2D eigenvalue weighted by Crippen LogP contribution is 2.39. The van der Waals surface area contributed by atoms with Gasteiger partial charge in [0.2, 0.25) is 5.75 Å². The summed E-state index contributed by atoms with van der Waals surface area (Å²) in [5.74, 6) is -1.07. The Morgan fingerprint density at radius 1 is 1.11 bits per heavy atom. The van der Waals surface area contributed by atoms with E-state index in [-0.39, 0.29) is 11.3 Å². The number of methoxy groups -OCH3 is 1. The third kappa shape index (κ3) is 2.77. The van der Waals surface area contributed by atoms with E-state index in [1.54, 1.807) is 24.3 Å². The second-order valence-electron chi connectivity index (χ2n) is 3.75. The second-order valence-corrected chi connectivity index (χ2v) is 3.75. The van der Waals surface area contributed by atoms with E-state index in [0.29, 0.717) is 5.75 Å². The van der Waals surface area contributed by atoms with Crippen LogP contribution >= 0.6 is 0 Å². The van der Waals surface area contributed by atoms with E-state index in [2.05, 4.69) is 4.74 Å². The first-order chi connectivity index (χ1) is 9.11. The molecule has 2 aromatic carbocycles. The zero-order valence-electron chi connectivity index (χ0n) is 10.2. The molecule has 0 aromatic heterocycles. The molecule has 2 aromatic rings. The number of hydrogen-bond acceptors (Lipinski definition) is 5. The van der Waals surface area contributed by atoms with E-state index in [1.165, 1.54) is 13.2 Å². The van der Waals surface area contributed by atoms with Gasteiger partial charge in [0.05, 0.1) is 12.7 Å². The summed E-state index contributed by atoms with van der Waals surface area (Å²) in [5, 5.41) is 19.3. The average Bonchev–Trinajstić information content (AvgIpc) is 2.44. The van der Waals surface area contributed by atoms with Crippen LogP contribution < -0.4 is 4.74 Å². The van der Waals surface area contributed by atoms with Crippen molar-refractivity contribution in [3.63, 3.8) is 0 Å². The Labute approximate surface area is 109 Å². The number of hydrogen-bond donors (Lipinski definition) is 2. The topological polar surface area (TPSA) is 76.0 Å². The minimum atomic E-state index is -0.631. The zero-order valence-corrected chi connectivity index (χ0v) is 10.2. The minimum absolute atomic E-state index is 0.0217. The molecule has 0 fully saturated rings. The summed E-state index contributed by atoms with van der Waals surface area (Å²) in [4.78, 5) is 11.4. The molecule has 0 bridgehead atoms. The van der Waals surface area contributed by atoms with Crippen LogP contribution in [0.25, 0.3) is 0 Å². The van der Waals surface area contributed by atoms with Gasteiger partial charge in [0.25, 0.3) is 0 Å². The number of para-hydroxylation sites is 1. The lowest BCUT2D eigenvalue weighted by atomic mass is 10.2. The Morgan fingerprint density at radius 2 is 1.79 bits per heavy atom. The van der Waals surface area contributed by atoms with Gasteiger partial charge in [-0.05, 0) is 24.3 Å². The first kappa shape index (κ1) is 12.8. The Bertz CT molecular complexity index is 592. The van der Waals surface area contributed by atoms with Gasteiger partial charge in [-0.15, -0.1) is 0 Å². The minimum Gasteiger partial charge on any atom is -0.504 e. The summed E-state index contributed by atoms with van der Waals surface area (Å²) < 4.78 is 9.96. The van der Waals surface area contributed by atoms with Crippen molar-refractivity contribution in [3.8, 4) is 23.0 Å². The molecule has 2 rings (SSSR count). The molecule has 0 aliphatic rings. The molecule has 0 heterocycles. The van der Waals surface area contributed by atoms with Crippen LogP contribution in [0.5, 0.6) is 23.0 Å². The second kappa shape index (κ2) is 5.30. The Kier molecular flexibility index (Phi) is 3.56. The fourth-order valence-electron chi connectivity index (χ4n) is 1.52. The summed E-state index contributed by atoms with van der Waals surface area (Å²) >= 11 is 0. The lowest BCUT2D eigenvalue weighted by Gasteiger charge is -2.10. The van der Waals surface area contributed by atoms with Crippen LogP contribution in [-0.2, 0) is 4.74 Å². The van der Waals surface area contributed by atoms with E-state index in [9.17, 15) is 15.0 Å². The molecule has 0 saturated carbocycles. The van der Waals surface area contributed by atoms with Crippen LogP contribution in [0.15, 0.2) is 42.5 Å². The highest BCUT2D eigenvalue weighted by Gasteiger charge is 2.15. The molecular formula is C14H12O5. The largest absolute Gasteiger partial charge is 0.504 e. The van der Waals surface area contributed by atoms with Gasteiger partial charge in [-0.1, -0.05) is 18.2 Å². The maximum atomic E-state index is 11.4. The fraction of sp³-hybridized carbons (Fsp3) is 0.0714. The number of carbonyl (C=O) groups is 1. The summed E-state index contributed by atoms with van der Waals surface area (Å²) in [6.45, 7) is 0. The Hall–Kier alpha value is -2.69. The highest BCUT2D eigenvalue weighted by atomic mass is 16.5. The van der Waals surface area contributed by atoms with E-state index >= 15 is 0 Å². The maximum absolute atomic E-state index is 11.4. The van der Waals surface area contributed by atoms with Crippen molar-refractivity contribution >= 4 is 5.97 Å². The van der Waals surface area contributed by atoms with Gasteiger partial charge < -0.3 is 19.7 Å².